The number of benzene rings is 1. The molecule has 3 heterocycles. The molecule has 112 valence electrons. The molecule has 0 amide bonds. The van der Waals surface area contributed by atoms with Crippen molar-refractivity contribution < 1.29 is 5.11 Å². The van der Waals surface area contributed by atoms with Crippen LogP contribution in [0.1, 0.15) is 18.9 Å². The van der Waals surface area contributed by atoms with Crippen molar-refractivity contribution in [2.45, 2.75) is 18.9 Å². The summed E-state index contributed by atoms with van der Waals surface area (Å²) < 4.78 is 2.22. The van der Waals surface area contributed by atoms with Gasteiger partial charge in [-0.2, -0.15) is 0 Å². The van der Waals surface area contributed by atoms with Crippen LogP contribution in [0, 0.1) is 0 Å². The molecule has 1 aromatic carbocycles. The maximum Gasteiger partial charge on any atom is 0.160 e. The fraction of sp³-hybridized carbons (Fsp3) is 0.294. The van der Waals surface area contributed by atoms with E-state index in [2.05, 4.69) is 14.9 Å². The number of nitrogens with zero attached hydrogens (tertiary/aromatic N) is 3. The van der Waals surface area contributed by atoms with Gasteiger partial charge in [0.2, 0.25) is 0 Å². The minimum atomic E-state index is 0.255. The van der Waals surface area contributed by atoms with Gasteiger partial charge in [0, 0.05) is 24.3 Å². The molecule has 1 saturated heterocycles. The van der Waals surface area contributed by atoms with E-state index in [-0.39, 0.29) is 5.75 Å². The molecule has 0 saturated carbocycles. The third-order valence-electron chi connectivity index (χ3n) is 4.19. The van der Waals surface area contributed by atoms with Gasteiger partial charge in [-0.1, -0.05) is 12.1 Å². The molecule has 0 aliphatic carbocycles. The molecule has 1 atom stereocenters. The zero-order valence-electron chi connectivity index (χ0n) is 12.2. The highest BCUT2D eigenvalue weighted by Crippen LogP contribution is 2.31. The van der Waals surface area contributed by atoms with Gasteiger partial charge in [0.05, 0.1) is 0 Å². The Hall–Kier alpha value is -2.40. The van der Waals surface area contributed by atoms with Gasteiger partial charge in [0.15, 0.2) is 5.65 Å². The van der Waals surface area contributed by atoms with Gasteiger partial charge < -0.3 is 15.0 Å². The summed E-state index contributed by atoms with van der Waals surface area (Å²) in [6.45, 7) is 1.99. The van der Waals surface area contributed by atoms with E-state index in [0.717, 1.165) is 48.5 Å². The quantitative estimate of drug-likeness (QED) is 0.763. The number of imidazole rings is 1. The Balaban J connectivity index is 1.93. The molecule has 2 N–H and O–H groups in total. The fourth-order valence-corrected chi connectivity index (χ4v) is 3.18. The van der Waals surface area contributed by atoms with Crippen molar-refractivity contribution in [3.05, 3.63) is 42.6 Å². The fourth-order valence-electron chi connectivity index (χ4n) is 3.18. The second kappa shape index (κ2) is 5.42. The first-order valence-electron chi connectivity index (χ1n) is 7.66. The van der Waals surface area contributed by atoms with Gasteiger partial charge in [-0.15, -0.1) is 0 Å². The van der Waals surface area contributed by atoms with Gasteiger partial charge in [-0.3, -0.25) is 0 Å². The van der Waals surface area contributed by atoms with Crippen molar-refractivity contribution in [2.24, 2.45) is 0 Å². The molecule has 5 heteroatoms. The van der Waals surface area contributed by atoms with Crippen molar-refractivity contribution in [2.75, 3.05) is 13.1 Å². The van der Waals surface area contributed by atoms with E-state index in [1.54, 1.807) is 12.1 Å². The SMILES string of the molecule is Oc1cccc(-c2nc3cccnc3n2C2CCCNC2)c1. The second-order valence-corrected chi connectivity index (χ2v) is 5.70. The average Bonchev–Trinajstić information content (AvgIpc) is 2.95. The average molecular weight is 294 g/mol. The van der Waals surface area contributed by atoms with Crippen LogP contribution in [0.3, 0.4) is 0 Å². The third-order valence-corrected chi connectivity index (χ3v) is 4.19. The lowest BCUT2D eigenvalue weighted by molar-refractivity contribution is 0.379. The van der Waals surface area contributed by atoms with E-state index < -0.39 is 0 Å². The van der Waals surface area contributed by atoms with E-state index in [0.29, 0.717) is 6.04 Å². The number of hydrogen-bond acceptors (Lipinski definition) is 4. The first-order chi connectivity index (χ1) is 10.8. The van der Waals surface area contributed by atoms with Crippen LogP contribution in [0.5, 0.6) is 5.75 Å². The zero-order chi connectivity index (χ0) is 14.9. The van der Waals surface area contributed by atoms with E-state index in [9.17, 15) is 5.11 Å². The number of piperidine rings is 1. The summed E-state index contributed by atoms with van der Waals surface area (Å²) in [5, 5.41) is 13.2. The molecular formula is C17H18N4O. The van der Waals surface area contributed by atoms with Crippen molar-refractivity contribution >= 4 is 11.2 Å². The van der Waals surface area contributed by atoms with Crippen LogP contribution in [0.15, 0.2) is 42.6 Å². The monoisotopic (exact) mass is 294 g/mol. The highest BCUT2D eigenvalue weighted by atomic mass is 16.3. The molecule has 4 rings (SSSR count). The Morgan fingerprint density at radius 3 is 3.00 bits per heavy atom. The second-order valence-electron chi connectivity index (χ2n) is 5.70. The van der Waals surface area contributed by atoms with Crippen LogP contribution >= 0.6 is 0 Å². The first-order valence-corrected chi connectivity index (χ1v) is 7.66. The molecule has 0 radical (unpaired) electrons. The summed E-state index contributed by atoms with van der Waals surface area (Å²) >= 11 is 0. The van der Waals surface area contributed by atoms with Gasteiger partial charge in [0.1, 0.15) is 17.1 Å². The standard InChI is InChI=1S/C17H18N4O/c22-14-6-1-4-12(10-14)16-20-15-7-3-9-19-17(15)21(16)13-5-2-8-18-11-13/h1,3-4,6-7,9-10,13,18,22H,2,5,8,11H2. The predicted octanol–water partition coefficient (Wildman–Crippen LogP) is 2.73. The highest BCUT2D eigenvalue weighted by Gasteiger charge is 2.22. The molecular weight excluding hydrogens is 276 g/mol. The number of rotatable bonds is 2. The smallest absolute Gasteiger partial charge is 0.160 e. The first kappa shape index (κ1) is 13.3. The van der Waals surface area contributed by atoms with Crippen LogP contribution in [-0.4, -0.2) is 32.7 Å². The van der Waals surface area contributed by atoms with Gasteiger partial charge in [-0.25, -0.2) is 9.97 Å². The molecule has 2 aromatic heterocycles. The molecule has 1 unspecified atom stereocenters. The van der Waals surface area contributed by atoms with Crippen molar-refractivity contribution in [3.8, 4) is 17.1 Å². The Bertz CT molecular complexity index is 805. The van der Waals surface area contributed by atoms with E-state index in [1.807, 2.05) is 30.5 Å². The molecule has 1 fully saturated rings. The number of pyridine rings is 1. The molecule has 0 bridgehead atoms. The Kier molecular flexibility index (Phi) is 3.27. The number of phenols is 1. The van der Waals surface area contributed by atoms with E-state index in [1.165, 1.54) is 0 Å². The Morgan fingerprint density at radius 1 is 1.23 bits per heavy atom. The number of nitrogens with one attached hydrogen (secondary N) is 1. The molecule has 0 spiro atoms. The lowest BCUT2D eigenvalue weighted by atomic mass is 10.1. The lowest BCUT2D eigenvalue weighted by Crippen LogP contribution is -2.32. The molecule has 3 aromatic rings. The van der Waals surface area contributed by atoms with Crippen LogP contribution in [0.4, 0.5) is 0 Å². The predicted molar refractivity (Wildman–Crippen MR) is 85.8 cm³/mol. The van der Waals surface area contributed by atoms with Crippen LogP contribution in [-0.2, 0) is 0 Å². The zero-order valence-corrected chi connectivity index (χ0v) is 12.2. The molecule has 22 heavy (non-hydrogen) atoms. The molecule has 5 nitrogen and oxygen atoms in total. The summed E-state index contributed by atoms with van der Waals surface area (Å²) in [5.74, 6) is 1.13. The number of phenolic OH excluding ortho intramolecular Hbond substituents is 1. The van der Waals surface area contributed by atoms with Gasteiger partial charge in [0.25, 0.3) is 0 Å². The molecule has 1 aliphatic rings. The van der Waals surface area contributed by atoms with Crippen molar-refractivity contribution in [1.82, 2.24) is 19.9 Å². The Labute approximate surface area is 128 Å². The van der Waals surface area contributed by atoms with Gasteiger partial charge >= 0.3 is 0 Å². The summed E-state index contributed by atoms with van der Waals surface area (Å²) in [4.78, 5) is 9.30. The third kappa shape index (κ3) is 2.23. The summed E-state index contributed by atoms with van der Waals surface area (Å²) in [6.07, 6.45) is 4.07. The largest absolute Gasteiger partial charge is 0.508 e. The number of aromatic hydroxyl groups is 1. The van der Waals surface area contributed by atoms with Crippen LogP contribution in [0.25, 0.3) is 22.6 Å². The topological polar surface area (TPSA) is 63.0 Å². The number of aromatic nitrogens is 3. The van der Waals surface area contributed by atoms with Crippen LogP contribution in [0.2, 0.25) is 0 Å². The number of fused-ring (bicyclic) bond motifs is 1. The summed E-state index contributed by atoms with van der Waals surface area (Å²) in [5.41, 5.74) is 2.73. The minimum absolute atomic E-state index is 0.255. The maximum absolute atomic E-state index is 9.79. The maximum atomic E-state index is 9.79. The molecule has 1 aliphatic heterocycles. The highest BCUT2D eigenvalue weighted by molar-refractivity contribution is 5.77. The van der Waals surface area contributed by atoms with Crippen molar-refractivity contribution in [1.29, 1.82) is 0 Å². The van der Waals surface area contributed by atoms with Crippen LogP contribution < -0.4 is 5.32 Å². The van der Waals surface area contributed by atoms with E-state index in [4.69, 9.17) is 4.98 Å². The lowest BCUT2D eigenvalue weighted by Gasteiger charge is -2.26. The number of hydrogen-bond donors (Lipinski definition) is 2. The van der Waals surface area contributed by atoms with Crippen molar-refractivity contribution in [3.63, 3.8) is 0 Å². The van der Waals surface area contributed by atoms with Gasteiger partial charge in [-0.05, 0) is 43.7 Å². The normalized spacial score (nSPS) is 18.6. The van der Waals surface area contributed by atoms with E-state index >= 15 is 0 Å². The summed E-state index contributed by atoms with van der Waals surface area (Å²) in [6, 6.07) is 11.5. The minimum Gasteiger partial charge on any atom is -0.508 e. The Morgan fingerprint density at radius 2 is 2.18 bits per heavy atom. The summed E-state index contributed by atoms with van der Waals surface area (Å²) in [7, 11) is 0.